The number of ketones is 1. The molecule has 1 N–H and O–H groups in total. The highest BCUT2D eigenvalue weighted by Gasteiger charge is 2.30. The number of benzene rings is 2. The third-order valence-corrected chi connectivity index (χ3v) is 6.31. The van der Waals surface area contributed by atoms with E-state index in [1.54, 1.807) is 44.2 Å². The molecule has 3 aromatic rings. The van der Waals surface area contributed by atoms with Crippen molar-refractivity contribution >= 4 is 5.78 Å². The molecule has 1 aliphatic rings. The first kappa shape index (κ1) is 25.6. The van der Waals surface area contributed by atoms with Gasteiger partial charge in [-0.25, -0.2) is 13.8 Å². The van der Waals surface area contributed by atoms with E-state index in [2.05, 4.69) is 0 Å². The Morgan fingerprint density at radius 3 is 2.72 bits per heavy atom. The molecule has 0 spiro atoms. The highest BCUT2D eigenvalue weighted by Crippen LogP contribution is 2.39. The van der Waals surface area contributed by atoms with Gasteiger partial charge >= 0.3 is 0 Å². The van der Waals surface area contributed by atoms with E-state index in [9.17, 15) is 18.7 Å². The molecule has 2 heterocycles. The van der Waals surface area contributed by atoms with Crippen molar-refractivity contribution in [3.05, 3.63) is 70.7 Å². The maximum absolute atomic E-state index is 13.8. The highest BCUT2D eigenvalue weighted by molar-refractivity contribution is 5.96. The van der Waals surface area contributed by atoms with Gasteiger partial charge in [0.25, 0.3) is 0 Å². The number of aryl methyl sites for hydroxylation is 1. The maximum atomic E-state index is 13.8. The fourth-order valence-electron chi connectivity index (χ4n) is 4.20. The number of methoxy groups -OCH3 is 1. The standard InChI is InChI=1S/C28H29F2NO5/c1-17-14-19(4-6-21(17)30)26-27-20(9-12-36-27)16-25(31-26)28(2,33)10-8-22(32)18-5-7-23(35-13-11-29)24(15-18)34-3/h4-7,14-16,33H,8-13H2,1-3H3/t28-/m0/s1. The minimum absolute atomic E-state index is 0.0566. The third kappa shape index (κ3) is 5.33. The Kier molecular flexibility index (Phi) is 7.54. The zero-order valence-corrected chi connectivity index (χ0v) is 20.6. The minimum Gasteiger partial charge on any atom is -0.493 e. The molecule has 36 heavy (non-hydrogen) atoms. The van der Waals surface area contributed by atoms with Gasteiger partial charge in [-0.15, -0.1) is 0 Å². The van der Waals surface area contributed by atoms with Gasteiger partial charge in [-0.05, 0) is 68.3 Å². The number of carbonyl (C=O) groups excluding carboxylic acids is 1. The van der Waals surface area contributed by atoms with Crippen LogP contribution in [-0.4, -0.2) is 42.9 Å². The van der Waals surface area contributed by atoms with Crippen LogP contribution >= 0.6 is 0 Å². The van der Waals surface area contributed by atoms with Crippen molar-refractivity contribution in [2.75, 3.05) is 27.0 Å². The quantitative estimate of drug-likeness (QED) is 0.380. The molecular formula is C28H29F2NO5. The summed E-state index contributed by atoms with van der Waals surface area (Å²) in [6.07, 6.45) is 0.855. The van der Waals surface area contributed by atoms with Crippen LogP contribution in [0.5, 0.6) is 17.2 Å². The van der Waals surface area contributed by atoms with Crippen LogP contribution in [0.2, 0.25) is 0 Å². The van der Waals surface area contributed by atoms with Crippen LogP contribution in [0.4, 0.5) is 8.78 Å². The summed E-state index contributed by atoms with van der Waals surface area (Å²) in [5.41, 5.74) is 2.06. The van der Waals surface area contributed by atoms with Crippen LogP contribution in [-0.2, 0) is 12.0 Å². The molecule has 0 saturated heterocycles. The molecule has 0 unspecified atom stereocenters. The zero-order chi connectivity index (χ0) is 25.9. The number of carbonyl (C=O) groups is 1. The number of fused-ring (bicyclic) bond motifs is 1. The van der Waals surface area contributed by atoms with Crippen molar-refractivity contribution in [3.63, 3.8) is 0 Å². The fourth-order valence-corrected chi connectivity index (χ4v) is 4.20. The molecule has 0 radical (unpaired) electrons. The van der Waals surface area contributed by atoms with Crippen molar-refractivity contribution in [3.8, 4) is 28.5 Å². The van der Waals surface area contributed by atoms with Crippen molar-refractivity contribution in [2.24, 2.45) is 0 Å². The summed E-state index contributed by atoms with van der Waals surface area (Å²) in [6, 6.07) is 11.3. The summed E-state index contributed by atoms with van der Waals surface area (Å²) in [5, 5.41) is 11.3. The molecule has 0 aliphatic carbocycles. The summed E-state index contributed by atoms with van der Waals surface area (Å²) < 4.78 is 42.6. The van der Waals surface area contributed by atoms with E-state index >= 15 is 0 Å². The Labute approximate surface area is 208 Å². The van der Waals surface area contributed by atoms with Crippen LogP contribution in [0.15, 0.2) is 42.5 Å². The van der Waals surface area contributed by atoms with Gasteiger partial charge in [0.2, 0.25) is 0 Å². The number of hydrogen-bond acceptors (Lipinski definition) is 6. The number of pyridine rings is 1. The van der Waals surface area contributed by atoms with E-state index in [4.69, 9.17) is 19.2 Å². The molecule has 1 aliphatic heterocycles. The first-order valence-corrected chi connectivity index (χ1v) is 11.8. The van der Waals surface area contributed by atoms with Gasteiger partial charge in [0.15, 0.2) is 17.3 Å². The van der Waals surface area contributed by atoms with Crippen LogP contribution in [0.25, 0.3) is 11.3 Å². The predicted molar refractivity (Wildman–Crippen MR) is 131 cm³/mol. The first-order chi connectivity index (χ1) is 17.2. The SMILES string of the molecule is COc1cc(C(=O)CC[C@](C)(O)c2cc3c(c(-c4ccc(F)c(C)c4)n2)OCC3)ccc1OCCF. The Morgan fingerprint density at radius 2 is 2.00 bits per heavy atom. The van der Waals surface area contributed by atoms with Gasteiger partial charge in [-0.3, -0.25) is 4.79 Å². The van der Waals surface area contributed by atoms with Crippen molar-refractivity contribution in [1.82, 2.24) is 4.98 Å². The number of alkyl halides is 1. The monoisotopic (exact) mass is 497 g/mol. The number of Topliss-reactive ketones (excluding diaryl/α,β-unsaturated/α-hetero) is 1. The summed E-state index contributed by atoms with van der Waals surface area (Å²) in [5.74, 6) is 0.826. The number of rotatable bonds is 10. The van der Waals surface area contributed by atoms with Crippen molar-refractivity contribution in [2.45, 2.75) is 38.7 Å². The molecule has 0 amide bonds. The van der Waals surface area contributed by atoms with E-state index in [1.165, 1.54) is 13.2 Å². The van der Waals surface area contributed by atoms with E-state index < -0.39 is 12.3 Å². The Bertz CT molecular complexity index is 1280. The molecule has 6 nitrogen and oxygen atoms in total. The second-order valence-electron chi connectivity index (χ2n) is 9.01. The molecule has 2 aromatic carbocycles. The molecule has 4 rings (SSSR count). The third-order valence-electron chi connectivity index (χ3n) is 6.31. The smallest absolute Gasteiger partial charge is 0.163 e. The molecule has 0 fully saturated rings. The second-order valence-corrected chi connectivity index (χ2v) is 9.01. The van der Waals surface area contributed by atoms with Gasteiger partial charge in [0, 0.05) is 29.5 Å². The maximum Gasteiger partial charge on any atom is 0.163 e. The number of hydrogen-bond donors (Lipinski definition) is 1. The molecule has 8 heteroatoms. The Hall–Kier alpha value is -3.52. The molecule has 1 aromatic heterocycles. The number of aliphatic hydroxyl groups is 1. The van der Waals surface area contributed by atoms with Gasteiger partial charge in [0.1, 0.15) is 36.1 Å². The number of ether oxygens (including phenoxy) is 3. The number of nitrogens with zero attached hydrogens (tertiary/aromatic N) is 1. The number of halogens is 2. The molecule has 190 valence electrons. The molecule has 0 bridgehead atoms. The summed E-state index contributed by atoms with van der Waals surface area (Å²) in [4.78, 5) is 17.6. The molecule has 1 atom stereocenters. The van der Waals surface area contributed by atoms with Crippen LogP contribution in [0, 0.1) is 12.7 Å². The van der Waals surface area contributed by atoms with Gasteiger partial charge in [-0.1, -0.05) is 0 Å². The van der Waals surface area contributed by atoms with E-state index in [1.807, 2.05) is 6.07 Å². The first-order valence-electron chi connectivity index (χ1n) is 11.8. The van der Waals surface area contributed by atoms with Gasteiger partial charge in [0.05, 0.1) is 19.4 Å². The van der Waals surface area contributed by atoms with Crippen molar-refractivity contribution in [1.29, 1.82) is 0 Å². The van der Waals surface area contributed by atoms with Gasteiger partial charge in [-0.2, -0.15) is 0 Å². The van der Waals surface area contributed by atoms with E-state index in [-0.39, 0.29) is 31.0 Å². The highest BCUT2D eigenvalue weighted by atomic mass is 19.1. The van der Waals surface area contributed by atoms with Crippen LogP contribution < -0.4 is 14.2 Å². The summed E-state index contributed by atoms with van der Waals surface area (Å²) in [6.45, 7) is 3.06. The van der Waals surface area contributed by atoms with Crippen LogP contribution in [0.3, 0.4) is 0 Å². The largest absolute Gasteiger partial charge is 0.493 e. The van der Waals surface area contributed by atoms with Crippen LogP contribution in [0.1, 0.15) is 46.9 Å². The summed E-state index contributed by atoms with van der Waals surface area (Å²) >= 11 is 0. The van der Waals surface area contributed by atoms with E-state index in [0.29, 0.717) is 58.4 Å². The van der Waals surface area contributed by atoms with Gasteiger partial charge < -0.3 is 19.3 Å². The van der Waals surface area contributed by atoms with E-state index in [0.717, 1.165) is 5.56 Å². The summed E-state index contributed by atoms with van der Waals surface area (Å²) in [7, 11) is 1.44. The zero-order valence-electron chi connectivity index (χ0n) is 20.6. The lowest BCUT2D eigenvalue weighted by molar-refractivity contribution is 0.0397. The second kappa shape index (κ2) is 10.6. The Balaban J connectivity index is 1.56. The van der Waals surface area contributed by atoms with Crippen molar-refractivity contribution < 1.29 is 32.9 Å². The average Bonchev–Trinajstić information content (AvgIpc) is 3.36. The number of aromatic nitrogens is 1. The lowest BCUT2D eigenvalue weighted by Crippen LogP contribution is -2.24. The lowest BCUT2D eigenvalue weighted by Gasteiger charge is -2.24. The fraction of sp³-hybridized carbons (Fsp3) is 0.357. The normalized spacial score (nSPS) is 14.1. The minimum atomic E-state index is -1.40. The molecule has 0 saturated carbocycles. The predicted octanol–water partition coefficient (Wildman–Crippen LogP) is 5.36. The average molecular weight is 498 g/mol. The topological polar surface area (TPSA) is 77.9 Å². The Morgan fingerprint density at radius 1 is 1.19 bits per heavy atom. The lowest BCUT2D eigenvalue weighted by atomic mass is 9.91. The molecular weight excluding hydrogens is 468 g/mol.